The Hall–Kier alpha value is -1.79. The molecule has 1 saturated heterocycles. The smallest absolute Gasteiger partial charge is 0.246 e. The standard InChI is InChI=1S/C16H22N2O4/c17-16(20)15(19)12-3-5-18(6-4-12)10-11-1-2-13-14(9-11)22-8-7-21-13/h1-2,9,12,15,19H,3-8,10H2,(H2,17,20)/t15-/m0/s1. The van der Waals surface area contributed by atoms with Crippen LogP contribution in [0.1, 0.15) is 18.4 Å². The quantitative estimate of drug-likeness (QED) is 0.847. The SMILES string of the molecule is NC(=O)[C@@H](O)C1CCN(Cc2ccc3c(c2)OCCO3)CC1. The molecule has 2 aliphatic heterocycles. The summed E-state index contributed by atoms with van der Waals surface area (Å²) in [7, 11) is 0. The van der Waals surface area contributed by atoms with Crippen LogP contribution in [0.3, 0.4) is 0 Å². The van der Waals surface area contributed by atoms with Crippen molar-refractivity contribution >= 4 is 5.91 Å². The van der Waals surface area contributed by atoms with Crippen LogP contribution in [-0.2, 0) is 11.3 Å². The number of carbonyl (C=O) groups is 1. The lowest BCUT2D eigenvalue weighted by molar-refractivity contribution is -0.129. The average molecular weight is 306 g/mol. The number of fused-ring (bicyclic) bond motifs is 1. The van der Waals surface area contributed by atoms with E-state index in [-0.39, 0.29) is 5.92 Å². The van der Waals surface area contributed by atoms with Crippen LogP contribution in [0.25, 0.3) is 0 Å². The van der Waals surface area contributed by atoms with Crippen LogP contribution in [-0.4, -0.2) is 48.3 Å². The number of hydrogen-bond acceptors (Lipinski definition) is 5. The number of nitrogens with two attached hydrogens (primary N) is 1. The lowest BCUT2D eigenvalue weighted by Crippen LogP contribution is -2.42. The molecular formula is C16H22N2O4. The summed E-state index contributed by atoms with van der Waals surface area (Å²) >= 11 is 0. The van der Waals surface area contributed by atoms with E-state index < -0.39 is 12.0 Å². The van der Waals surface area contributed by atoms with Gasteiger partial charge in [-0.2, -0.15) is 0 Å². The third-order valence-corrected chi connectivity index (χ3v) is 4.38. The summed E-state index contributed by atoms with van der Waals surface area (Å²) in [4.78, 5) is 13.4. The average Bonchev–Trinajstić information content (AvgIpc) is 2.55. The molecule has 0 saturated carbocycles. The molecule has 3 N–H and O–H groups in total. The molecule has 0 unspecified atom stereocenters. The van der Waals surface area contributed by atoms with E-state index in [0.717, 1.165) is 44.0 Å². The van der Waals surface area contributed by atoms with Gasteiger partial charge in [0, 0.05) is 6.54 Å². The highest BCUT2D eigenvalue weighted by Gasteiger charge is 2.28. The Morgan fingerprint density at radius 3 is 2.64 bits per heavy atom. The molecule has 3 rings (SSSR count). The van der Waals surface area contributed by atoms with Crippen molar-refractivity contribution in [1.82, 2.24) is 4.90 Å². The van der Waals surface area contributed by atoms with E-state index >= 15 is 0 Å². The highest BCUT2D eigenvalue weighted by molar-refractivity contribution is 5.78. The largest absolute Gasteiger partial charge is 0.486 e. The summed E-state index contributed by atoms with van der Waals surface area (Å²) in [6.45, 7) is 3.72. The van der Waals surface area contributed by atoms with Gasteiger partial charge in [-0.15, -0.1) is 0 Å². The molecule has 0 aromatic heterocycles. The molecule has 2 aliphatic rings. The maximum Gasteiger partial charge on any atom is 0.246 e. The van der Waals surface area contributed by atoms with Crippen molar-refractivity contribution in [2.24, 2.45) is 11.7 Å². The minimum absolute atomic E-state index is 0.0194. The van der Waals surface area contributed by atoms with Crippen LogP contribution in [0, 0.1) is 5.92 Å². The molecule has 0 aliphatic carbocycles. The summed E-state index contributed by atoms with van der Waals surface area (Å²) in [6.07, 6.45) is 0.556. The van der Waals surface area contributed by atoms with Gasteiger partial charge >= 0.3 is 0 Å². The van der Waals surface area contributed by atoms with Crippen LogP contribution >= 0.6 is 0 Å². The van der Waals surface area contributed by atoms with Crippen LogP contribution in [0.5, 0.6) is 11.5 Å². The fourth-order valence-corrected chi connectivity index (χ4v) is 3.10. The second kappa shape index (κ2) is 6.54. The van der Waals surface area contributed by atoms with E-state index in [9.17, 15) is 9.90 Å². The second-order valence-electron chi connectivity index (χ2n) is 5.94. The monoisotopic (exact) mass is 306 g/mol. The molecule has 6 nitrogen and oxygen atoms in total. The fourth-order valence-electron chi connectivity index (χ4n) is 3.10. The van der Waals surface area contributed by atoms with Crippen molar-refractivity contribution in [3.05, 3.63) is 23.8 Å². The molecule has 0 spiro atoms. The van der Waals surface area contributed by atoms with Crippen LogP contribution in [0.15, 0.2) is 18.2 Å². The number of piperidine rings is 1. The number of likely N-dealkylation sites (tertiary alicyclic amines) is 1. The maximum absolute atomic E-state index is 11.0. The molecule has 2 heterocycles. The lowest BCUT2D eigenvalue weighted by Gasteiger charge is -2.33. The number of amides is 1. The number of rotatable bonds is 4. The number of nitrogens with zero attached hydrogens (tertiary/aromatic N) is 1. The Balaban J connectivity index is 1.55. The van der Waals surface area contributed by atoms with Gasteiger partial charge in [0.1, 0.15) is 19.3 Å². The van der Waals surface area contributed by atoms with Gasteiger partial charge in [-0.1, -0.05) is 6.07 Å². The van der Waals surface area contributed by atoms with Gasteiger partial charge in [-0.25, -0.2) is 0 Å². The Morgan fingerprint density at radius 2 is 1.95 bits per heavy atom. The first-order chi connectivity index (χ1) is 10.6. The zero-order valence-electron chi connectivity index (χ0n) is 12.5. The molecule has 1 aromatic rings. The van der Waals surface area contributed by atoms with E-state index in [1.165, 1.54) is 5.56 Å². The Morgan fingerprint density at radius 1 is 1.27 bits per heavy atom. The molecule has 1 amide bonds. The Bertz CT molecular complexity index is 541. The molecule has 22 heavy (non-hydrogen) atoms. The van der Waals surface area contributed by atoms with Gasteiger partial charge in [-0.3, -0.25) is 9.69 Å². The molecular weight excluding hydrogens is 284 g/mol. The Kier molecular flexibility index (Phi) is 4.49. The molecule has 1 aromatic carbocycles. The van der Waals surface area contributed by atoms with Crippen LogP contribution < -0.4 is 15.2 Å². The first-order valence-corrected chi connectivity index (χ1v) is 7.72. The molecule has 120 valence electrons. The molecule has 1 atom stereocenters. The fraction of sp³-hybridized carbons (Fsp3) is 0.562. The van der Waals surface area contributed by atoms with Crippen LogP contribution in [0.4, 0.5) is 0 Å². The van der Waals surface area contributed by atoms with E-state index in [4.69, 9.17) is 15.2 Å². The van der Waals surface area contributed by atoms with Gasteiger partial charge in [0.15, 0.2) is 11.5 Å². The maximum atomic E-state index is 11.0. The molecule has 0 bridgehead atoms. The van der Waals surface area contributed by atoms with Crippen molar-refractivity contribution in [2.75, 3.05) is 26.3 Å². The summed E-state index contributed by atoms with van der Waals surface area (Å²) in [5.41, 5.74) is 6.34. The second-order valence-corrected chi connectivity index (χ2v) is 5.94. The number of aliphatic hydroxyl groups excluding tert-OH is 1. The summed E-state index contributed by atoms with van der Waals surface area (Å²) in [5.74, 6) is 0.973. The van der Waals surface area contributed by atoms with Crippen molar-refractivity contribution in [3.63, 3.8) is 0 Å². The van der Waals surface area contributed by atoms with E-state index in [1.807, 2.05) is 12.1 Å². The summed E-state index contributed by atoms with van der Waals surface area (Å²) < 4.78 is 11.1. The first kappa shape index (κ1) is 15.1. The highest BCUT2D eigenvalue weighted by Crippen LogP contribution is 2.31. The molecule has 1 fully saturated rings. The normalized spacial score (nSPS) is 20.6. The zero-order chi connectivity index (χ0) is 15.5. The number of hydrogen-bond donors (Lipinski definition) is 2. The van der Waals surface area contributed by atoms with Gasteiger partial charge in [-0.05, 0) is 49.5 Å². The van der Waals surface area contributed by atoms with Gasteiger partial charge in [0.05, 0.1) is 0 Å². The predicted molar refractivity (Wildman–Crippen MR) is 80.6 cm³/mol. The summed E-state index contributed by atoms with van der Waals surface area (Å²) in [6, 6.07) is 6.03. The number of primary amides is 1. The number of aliphatic hydroxyl groups is 1. The van der Waals surface area contributed by atoms with Gasteiger partial charge < -0.3 is 20.3 Å². The third kappa shape index (κ3) is 3.34. The van der Waals surface area contributed by atoms with Crippen molar-refractivity contribution in [1.29, 1.82) is 0 Å². The predicted octanol–water partition coefficient (Wildman–Crippen LogP) is 0.516. The minimum atomic E-state index is -1.02. The van der Waals surface area contributed by atoms with Crippen molar-refractivity contribution in [2.45, 2.75) is 25.5 Å². The van der Waals surface area contributed by atoms with Gasteiger partial charge in [0.2, 0.25) is 5.91 Å². The van der Waals surface area contributed by atoms with E-state index in [0.29, 0.717) is 13.2 Å². The van der Waals surface area contributed by atoms with Crippen molar-refractivity contribution < 1.29 is 19.4 Å². The number of ether oxygens (including phenoxy) is 2. The topological polar surface area (TPSA) is 85.0 Å². The first-order valence-electron chi connectivity index (χ1n) is 7.72. The van der Waals surface area contributed by atoms with Crippen LogP contribution in [0.2, 0.25) is 0 Å². The number of carbonyl (C=O) groups excluding carboxylic acids is 1. The summed E-state index contributed by atoms with van der Waals surface area (Å²) in [5, 5.41) is 9.74. The third-order valence-electron chi connectivity index (χ3n) is 4.38. The van der Waals surface area contributed by atoms with Crippen molar-refractivity contribution in [3.8, 4) is 11.5 Å². The van der Waals surface area contributed by atoms with E-state index in [1.54, 1.807) is 0 Å². The Labute approximate surface area is 129 Å². The molecule has 0 radical (unpaired) electrons. The zero-order valence-corrected chi connectivity index (χ0v) is 12.5. The highest BCUT2D eigenvalue weighted by atomic mass is 16.6. The van der Waals surface area contributed by atoms with Gasteiger partial charge in [0.25, 0.3) is 0 Å². The lowest BCUT2D eigenvalue weighted by atomic mass is 9.90. The van der Waals surface area contributed by atoms with E-state index in [2.05, 4.69) is 11.0 Å². The number of benzene rings is 1. The molecule has 6 heteroatoms. The minimum Gasteiger partial charge on any atom is -0.486 e.